The van der Waals surface area contributed by atoms with Gasteiger partial charge in [0.25, 0.3) is 0 Å². The largest absolute Gasteiger partial charge is 0.310 e. The molecule has 0 amide bonds. The molecule has 186 valence electrons. The average Bonchev–Trinajstić information content (AvgIpc) is 3.33. The molecule has 7 rings (SSSR count). The standard InChI is InChI=1S/C36H25ClN2/c37-28-18-20-30(21-19-28)38(31-15-9-12-27(24-31)26-10-3-1-4-11-26)32-22-23-34-33-16-7-8-17-35(33)39(36(34)25-32)29-13-5-2-6-14-29/h1-25H. The lowest BCUT2D eigenvalue weighted by Crippen LogP contribution is -2.10. The minimum atomic E-state index is 0.719. The van der Waals surface area contributed by atoms with Crippen molar-refractivity contribution in [1.29, 1.82) is 0 Å². The smallest absolute Gasteiger partial charge is 0.0561 e. The van der Waals surface area contributed by atoms with Crippen molar-refractivity contribution >= 4 is 50.5 Å². The van der Waals surface area contributed by atoms with E-state index in [9.17, 15) is 0 Å². The van der Waals surface area contributed by atoms with Crippen LogP contribution in [0, 0.1) is 0 Å². The van der Waals surface area contributed by atoms with Gasteiger partial charge in [-0.25, -0.2) is 0 Å². The van der Waals surface area contributed by atoms with Crippen molar-refractivity contribution in [2.24, 2.45) is 0 Å². The summed E-state index contributed by atoms with van der Waals surface area (Å²) in [5.41, 5.74) is 9.08. The first-order valence-electron chi connectivity index (χ1n) is 13.1. The van der Waals surface area contributed by atoms with E-state index in [1.54, 1.807) is 0 Å². The summed E-state index contributed by atoms with van der Waals surface area (Å²) in [5.74, 6) is 0. The van der Waals surface area contributed by atoms with Gasteiger partial charge in [0.1, 0.15) is 0 Å². The molecule has 0 unspecified atom stereocenters. The Kier molecular flexibility index (Phi) is 5.88. The molecule has 0 aliphatic heterocycles. The Balaban J connectivity index is 1.47. The number of nitrogens with zero attached hydrogens (tertiary/aromatic N) is 2. The fourth-order valence-corrected chi connectivity index (χ4v) is 5.57. The molecule has 0 aliphatic carbocycles. The van der Waals surface area contributed by atoms with Crippen LogP contribution in [0.4, 0.5) is 17.1 Å². The number of para-hydroxylation sites is 2. The van der Waals surface area contributed by atoms with Crippen molar-refractivity contribution in [1.82, 2.24) is 4.57 Å². The molecule has 0 spiro atoms. The summed E-state index contributed by atoms with van der Waals surface area (Å²) in [6.45, 7) is 0. The number of fused-ring (bicyclic) bond motifs is 3. The molecule has 1 aromatic heterocycles. The molecule has 0 bridgehead atoms. The minimum Gasteiger partial charge on any atom is -0.310 e. The Morgan fingerprint density at radius 1 is 0.436 bits per heavy atom. The lowest BCUT2D eigenvalue weighted by molar-refractivity contribution is 1.18. The third-order valence-corrected chi connectivity index (χ3v) is 7.48. The summed E-state index contributed by atoms with van der Waals surface area (Å²) < 4.78 is 2.36. The fourth-order valence-electron chi connectivity index (χ4n) is 5.45. The average molecular weight is 521 g/mol. The Morgan fingerprint density at radius 2 is 1.05 bits per heavy atom. The monoisotopic (exact) mass is 520 g/mol. The van der Waals surface area contributed by atoms with Crippen molar-refractivity contribution in [2.75, 3.05) is 4.90 Å². The first-order valence-corrected chi connectivity index (χ1v) is 13.4. The van der Waals surface area contributed by atoms with Crippen LogP contribution in [0.5, 0.6) is 0 Å². The molecule has 3 heteroatoms. The van der Waals surface area contributed by atoms with Gasteiger partial charge < -0.3 is 9.47 Å². The number of benzene rings is 6. The van der Waals surface area contributed by atoms with Gasteiger partial charge in [0.05, 0.1) is 11.0 Å². The summed E-state index contributed by atoms with van der Waals surface area (Å²) in [6, 6.07) is 53.2. The Morgan fingerprint density at radius 3 is 1.85 bits per heavy atom. The summed E-state index contributed by atoms with van der Waals surface area (Å²) in [4.78, 5) is 2.30. The van der Waals surface area contributed by atoms with Crippen LogP contribution in [-0.4, -0.2) is 4.57 Å². The molecule has 39 heavy (non-hydrogen) atoms. The van der Waals surface area contributed by atoms with E-state index in [0.717, 1.165) is 33.3 Å². The number of anilines is 3. The molecular weight excluding hydrogens is 496 g/mol. The zero-order valence-electron chi connectivity index (χ0n) is 21.2. The molecule has 0 radical (unpaired) electrons. The number of hydrogen-bond donors (Lipinski definition) is 0. The van der Waals surface area contributed by atoms with Crippen LogP contribution >= 0.6 is 11.6 Å². The number of aromatic nitrogens is 1. The van der Waals surface area contributed by atoms with E-state index in [4.69, 9.17) is 11.6 Å². The van der Waals surface area contributed by atoms with Gasteiger partial charge in [-0.15, -0.1) is 0 Å². The maximum atomic E-state index is 6.30. The Hall–Kier alpha value is -4.79. The van der Waals surface area contributed by atoms with E-state index < -0.39 is 0 Å². The van der Waals surface area contributed by atoms with E-state index in [-0.39, 0.29) is 0 Å². The maximum Gasteiger partial charge on any atom is 0.0561 e. The van der Waals surface area contributed by atoms with Gasteiger partial charge in [-0.3, -0.25) is 0 Å². The normalized spacial score (nSPS) is 11.2. The first-order chi connectivity index (χ1) is 19.3. The molecule has 1 heterocycles. The summed E-state index contributed by atoms with van der Waals surface area (Å²) in [6.07, 6.45) is 0. The van der Waals surface area contributed by atoms with E-state index in [1.807, 2.05) is 12.1 Å². The van der Waals surface area contributed by atoms with Crippen molar-refractivity contribution in [3.05, 3.63) is 157 Å². The van der Waals surface area contributed by atoms with Gasteiger partial charge >= 0.3 is 0 Å². The summed E-state index contributed by atoms with van der Waals surface area (Å²) >= 11 is 6.30. The highest BCUT2D eigenvalue weighted by Gasteiger charge is 2.17. The van der Waals surface area contributed by atoms with Crippen LogP contribution in [0.25, 0.3) is 38.6 Å². The first kappa shape index (κ1) is 23.3. The van der Waals surface area contributed by atoms with Crippen molar-refractivity contribution < 1.29 is 0 Å². The Labute approximate surface area is 233 Å². The molecule has 0 atom stereocenters. The second-order valence-corrected chi connectivity index (χ2v) is 10.1. The predicted octanol–water partition coefficient (Wildman–Crippen LogP) is 10.6. The van der Waals surface area contributed by atoms with Crippen LogP contribution in [0.15, 0.2) is 152 Å². The zero-order chi connectivity index (χ0) is 26.2. The third kappa shape index (κ3) is 4.25. The van der Waals surface area contributed by atoms with Crippen molar-refractivity contribution in [3.8, 4) is 16.8 Å². The topological polar surface area (TPSA) is 8.17 Å². The quantitative estimate of drug-likeness (QED) is 0.219. The second kappa shape index (κ2) is 9.83. The lowest BCUT2D eigenvalue weighted by atomic mass is 10.0. The number of halogens is 1. The van der Waals surface area contributed by atoms with E-state index in [2.05, 4.69) is 149 Å². The molecule has 0 aliphatic rings. The molecule has 2 nitrogen and oxygen atoms in total. The highest BCUT2D eigenvalue weighted by Crippen LogP contribution is 2.40. The molecule has 0 fully saturated rings. The second-order valence-electron chi connectivity index (χ2n) is 9.62. The highest BCUT2D eigenvalue weighted by atomic mass is 35.5. The maximum absolute atomic E-state index is 6.30. The van der Waals surface area contributed by atoms with Gasteiger partial charge in [-0.05, 0) is 77.9 Å². The van der Waals surface area contributed by atoms with Crippen LogP contribution in [-0.2, 0) is 0 Å². The van der Waals surface area contributed by atoms with Crippen LogP contribution < -0.4 is 4.90 Å². The van der Waals surface area contributed by atoms with Gasteiger partial charge in [0.15, 0.2) is 0 Å². The van der Waals surface area contributed by atoms with Gasteiger partial charge in [0.2, 0.25) is 0 Å². The summed E-state index contributed by atoms with van der Waals surface area (Å²) in [5, 5.41) is 3.19. The molecule has 0 N–H and O–H groups in total. The third-order valence-electron chi connectivity index (χ3n) is 7.23. The SMILES string of the molecule is Clc1ccc(N(c2cccc(-c3ccccc3)c2)c2ccc3c4ccccc4n(-c4ccccc4)c3c2)cc1. The van der Waals surface area contributed by atoms with Crippen LogP contribution in [0.3, 0.4) is 0 Å². The number of rotatable bonds is 5. The minimum absolute atomic E-state index is 0.719. The Bertz CT molecular complexity index is 1910. The molecule has 0 saturated carbocycles. The van der Waals surface area contributed by atoms with Gasteiger partial charge in [-0.2, -0.15) is 0 Å². The summed E-state index contributed by atoms with van der Waals surface area (Å²) in [7, 11) is 0. The molecular formula is C36H25ClN2. The van der Waals surface area contributed by atoms with E-state index in [0.29, 0.717) is 0 Å². The molecule has 0 saturated heterocycles. The van der Waals surface area contributed by atoms with E-state index in [1.165, 1.54) is 27.4 Å². The molecule has 6 aromatic carbocycles. The van der Waals surface area contributed by atoms with E-state index >= 15 is 0 Å². The zero-order valence-corrected chi connectivity index (χ0v) is 22.0. The number of hydrogen-bond acceptors (Lipinski definition) is 1. The van der Waals surface area contributed by atoms with Crippen molar-refractivity contribution in [2.45, 2.75) is 0 Å². The van der Waals surface area contributed by atoms with Crippen LogP contribution in [0.1, 0.15) is 0 Å². The lowest BCUT2D eigenvalue weighted by Gasteiger charge is -2.26. The predicted molar refractivity (Wildman–Crippen MR) is 166 cm³/mol. The van der Waals surface area contributed by atoms with Gasteiger partial charge in [-0.1, -0.05) is 96.5 Å². The van der Waals surface area contributed by atoms with Crippen molar-refractivity contribution in [3.63, 3.8) is 0 Å². The van der Waals surface area contributed by atoms with Crippen LogP contribution in [0.2, 0.25) is 5.02 Å². The fraction of sp³-hybridized carbons (Fsp3) is 0. The highest BCUT2D eigenvalue weighted by molar-refractivity contribution is 6.30. The van der Waals surface area contributed by atoms with Gasteiger partial charge in [0, 0.05) is 38.5 Å². The molecule has 7 aromatic rings.